The number of carboxylic acid groups (broad SMARTS) is 1. The predicted molar refractivity (Wildman–Crippen MR) is 122 cm³/mol. The number of rotatable bonds is 4. The van der Waals surface area contributed by atoms with Crippen LogP contribution in [0.1, 0.15) is 29.9 Å². The number of nitrogens with zero attached hydrogens (tertiary/aromatic N) is 1. The van der Waals surface area contributed by atoms with Gasteiger partial charge in [0.15, 0.2) is 0 Å². The summed E-state index contributed by atoms with van der Waals surface area (Å²) < 4.78 is 11.0. The highest BCUT2D eigenvalue weighted by atomic mass is 16.5. The second kappa shape index (κ2) is 9.20. The molecule has 8 heteroatoms. The smallest absolute Gasteiger partial charge is 0.407 e. The Bertz CT molecular complexity index is 1150. The van der Waals surface area contributed by atoms with Crippen molar-refractivity contribution in [3.05, 3.63) is 59.7 Å². The minimum Gasteiger partial charge on any atom is -0.480 e. The highest BCUT2D eigenvalue weighted by Gasteiger charge is 2.49. The summed E-state index contributed by atoms with van der Waals surface area (Å²) in [4.78, 5) is 37.6. The summed E-state index contributed by atoms with van der Waals surface area (Å²) in [5.74, 6) is 3.37. The topological polar surface area (TPSA) is 105 Å². The van der Waals surface area contributed by atoms with E-state index in [9.17, 15) is 19.5 Å². The molecular weight excluding hydrogens is 436 g/mol. The van der Waals surface area contributed by atoms with Gasteiger partial charge in [0.2, 0.25) is 0 Å². The number of benzene rings is 2. The number of amides is 2. The van der Waals surface area contributed by atoms with Crippen molar-refractivity contribution < 1.29 is 29.0 Å². The molecule has 174 valence electrons. The number of hydrogen-bond donors (Lipinski definition) is 2. The van der Waals surface area contributed by atoms with Gasteiger partial charge in [0.05, 0.1) is 18.7 Å². The van der Waals surface area contributed by atoms with Crippen LogP contribution in [-0.2, 0) is 19.1 Å². The van der Waals surface area contributed by atoms with Gasteiger partial charge in [0, 0.05) is 18.9 Å². The molecule has 3 aliphatic rings. The van der Waals surface area contributed by atoms with E-state index < -0.39 is 24.0 Å². The predicted octanol–water partition coefficient (Wildman–Crippen LogP) is 2.37. The quantitative estimate of drug-likeness (QED) is 0.679. The Morgan fingerprint density at radius 3 is 2.44 bits per heavy atom. The molecule has 2 saturated heterocycles. The van der Waals surface area contributed by atoms with E-state index in [1.165, 1.54) is 4.90 Å². The zero-order chi connectivity index (χ0) is 23.7. The first kappa shape index (κ1) is 22.0. The van der Waals surface area contributed by atoms with Gasteiger partial charge in [-0.2, -0.15) is 0 Å². The monoisotopic (exact) mass is 460 g/mol. The second-order valence-electron chi connectivity index (χ2n) is 8.55. The summed E-state index contributed by atoms with van der Waals surface area (Å²) in [5, 5.41) is 12.0. The Hall–Kier alpha value is -3.83. The lowest BCUT2D eigenvalue weighted by molar-refractivity contribution is -0.147. The van der Waals surface area contributed by atoms with E-state index >= 15 is 0 Å². The standard InChI is InChI=1S/C26H24N2O6/c29-24(28-21-11-13-33-23(21)14-22(28)25(30)31)10-5-12-27-26(32)34-15-20-18-8-3-1-6-16(18)17-7-2-4-9-19(17)20/h1-4,6-9,20-23H,11-15H2,(H,27,32)(H,30,31). The van der Waals surface area contributed by atoms with Gasteiger partial charge in [-0.3, -0.25) is 4.79 Å². The molecule has 0 aromatic heterocycles. The van der Waals surface area contributed by atoms with E-state index in [1.807, 2.05) is 36.4 Å². The Labute approximate surface area is 196 Å². The van der Waals surface area contributed by atoms with Gasteiger partial charge < -0.3 is 24.8 Å². The summed E-state index contributed by atoms with van der Waals surface area (Å²) >= 11 is 0. The van der Waals surface area contributed by atoms with Crippen LogP contribution in [0.2, 0.25) is 0 Å². The number of carboxylic acids is 1. The van der Waals surface area contributed by atoms with Crippen molar-refractivity contribution in [3.8, 4) is 23.0 Å². The molecule has 0 spiro atoms. The summed E-state index contributed by atoms with van der Waals surface area (Å²) in [6, 6.07) is 14.9. The molecule has 0 bridgehead atoms. The number of ether oxygens (including phenoxy) is 2. The summed E-state index contributed by atoms with van der Waals surface area (Å²) in [6.45, 7) is 0.601. The van der Waals surface area contributed by atoms with Crippen molar-refractivity contribution in [2.24, 2.45) is 0 Å². The molecule has 2 aliphatic heterocycles. The fourth-order valence-corrected chi connectivity index (χ4v) is 5.21. The molecule has 2 N–H and O–H groups in total. The van der Waals surface area contributed by atoms with Crippen molar-refractivity contribution in [2.75, 3.05) is 19.8 Å². The lowest BCUT2D eigenvalue weighted by Crippen LogP contribution is -2.44. The average Bonchev–Trinajstić information content (AvgIpc) is 3.52. The number of carbonyl (C=O) groups is 3. The fraction of sp³-hybridized carbons (Fsp3) is 0.346. The molecule has 3 unspecified atom stereocenters. The van der Waals surface area contributed by atoms with E-state index in [0.29, 0.717) is 13.0 Å². The SMILES string of the molecule is O=C(NCC#CC(=O)N1C(C(=O)O)CC2OCCC21)OCC1c2ccccc2-c2ccccc21. The van der Waals surface area contributed by atoms with Crippen LogP contribution in [0, 0.1) is 11.8 Å². The molecule has 34 heavy (non-hydrogen) atoms. The zero-order valence-corrected chi connectivity index (χ0v) is 18.4. The lowest BCUT2D eigenvalue weighted by Gasteiger charge is -2.24. The molecule has 0 saturated carbocycles. The Balaban J connectivity index is 1.15. The largest absolute Gasteiger partial charge is 0.480 e. The van der Waals surface area contributed by atoms with Crippen molar-refractivity contribution in [1.29, 1.82) is 0 Å². The van der Waals surface area contributed by atoms with E-state index in [-0.39, 0.29) is 37.6 Å². The van der Waals surface area contributed by atoms with Crippen LogP contribution in [0.3, 0.4) is 0 Å². The van der Waals surface area contributed by atoms with Crippen molar-refractivity contribution >= 4 is 18.0 Å². The van der Waals surface area contributed by atoms with Gasteiger partial charge >= 0.3 is 12.1 Å². The highest BCUT2D eigenvalue weighted by Crippen LogP contribution is 2.44. The van der Waals surface area contributed by atoms with Gasteiger partial charge in [0.25, 0.3) is 5.91 Å². The number of likely N-dealkylation sites (tertiary alicyclic amines) is 1. The summed E-state index contributed by atoms with van der Waals surface area (Å²) in [6.07, 6.45) is -0.0195. The minimum absolute atomic E-state index is 0.0458. The van der Waals surface area contributed by atoms with Crippen LogP contribution < -0.4 is 5.32 Å². The van der Waals surface area contributed by atoms with Crippen LogP contribution in [0.4, 0.5) is 4.79 Å². The van der Waals surface area contributed by atoms with Gasteiger partial charge in [-0.1, -0.05) is 54.5 Å². The van der Waals surface area contributed by atoms with Gasteiger partial charge in [0.1, 0.15) is 12.6 Å². The van der Waals surface area contributed by atoms with Crippen LogP contribution in [0.25, 0.3) is 11.1 Å². The van der Waals surface area contributed by atoms with Crippen molar-refractivity contribution in [1.82, 2.24) is 10.2 Å². The number of carbonyl (C=O) groups excluding carboxylic acids is 2. The molecule has 2 amide bonds. The maximum Gasteiger partial charge on any atom is 0.407 e. The molecule has 1 aliphatic carbocycles. The molecule has 0 radical (unpaired) electrons. The number of fused-ring (bicyclic) bond motifs is 4. The maximum absolute atomic E-state index is 12.6. The number of nitrogens with one attached hydrogen (secondary N) is 1. The third-order valence-corrected chi connectivity index (χ3v) is 6.70. The molecule has 2 aromatic carbocycles. The molecule has 2 heterocycles. The van der Waals surface area contributed by atoms with Crippen molar-refractivity contribution in [2.45, 2.75) is 36.9 Å². The molecule has 3 atom stereocenters. The molecule has 8 nitrogen and oxygen atoms in total. The molecule has 5 rings (SSSR count). The molecule has 2 fully saturated rings. The third kappa shape index (κ3) is 3.99. The first-order chi connectivity index (χ1) is 16.5. The van der Waals surface area contributed by atoms with Crippen molar-refractivity contribution in [3.63, 3.8) is 0 Å². The van der Waals surface area contributed by atoms with Crippen LogP contribution in [0.15, 0.2) is 48.5 Å². The third-order valence-electron chi connectivity index (χ3n) is 6.70. The average molecular weight is 460 g/mol. The maximum atomic E-state index is 12.6. The first-order valence-electron chi connectivity index (χ1n) is 11.3. The number of alkyl carbamates (subject to hydrolysis) is 1. The molecular formula is C26H24N2O6. The minimum atomic E-state index is -1.06. The van der Waals surface area contributed by atoms with Gasteiger partial charge in [-0.25, -0.2) is 9.59 Å². The Kier molecular flexibility index (Phi) is 5.95. The lowest BCUT2D eigenvalue weighted by atomic mass is 9.98. The Morgan fingerprint density at radius 1 is 1.09 bits per heavy atom. The van der Waals surface area contributed by atoms with Gasteiger partial charge in [-0.05, 0) is 34.6 Å². The zero-order valence-electron chi connectivity index (χ0n) is 18.4. The summed E-state index contributed by atoms with van der Waals surface area (Å²) in [7, 11) is 0. The normalized spacial score (nSPS) is 22.2. The molecule has 2 aromatic rings. The first-order valence-corrected chi connectivity index (χ1v) is 11.3. The Morgan fingerprint density at radius 2 is 1.76 bits per heavy atom. The number of hydrogen-bond acceptors (Lipinski definition) is 5. The van der Waals surface area contributed by atoms with E-state index in [0.717, 1.165) is 22.3 Å². The van der Waals surface area contributed by atoms with E-state index in [4.69, 9.17) is 9.47 Å². The number of aliphatic carboxylic acids is 1. The van der Waals surface area contributed by atoms with E-state index in [1.54, 1.807) is 0 Å². The second-order valence-corrected chi connectivity index (χ2v) is 8.55. The fourth-order valence-electron chi connectivity index (χ4n) is 5.21. The van der Waals surface area contributed by atoms with Gasteiger partial charge in [-0.15, -0.1) is 0 Å². The van der Waals surface area contributed by atoms with Crippen LogP contribution >= 0.6 is 0 Å². The van der Waals surface area contributed by atoms with E-state index in [2.05, 4.69) is 29.3 Å². The van der Waals surface area contributed by atoms with Crippen LogP contribution in [-0.4, -0.2) is 65.9 Å². The van der Waals surface area contributed by atoms with Crippen LogP contribution in [0.5, 0.6) is 0 Å². The highest BCUT2D eigenvalue weighted by molar-refractivity contribution is 5.97. The summed E-state index contributed by atoms with van der Waals surface area (Å²) in [5.41, 5.74) is 4.53.